The molecule has 4 nitrogen and oxygen atoms in total. The van der Waals surface area contributed by atoms with Crippen molar-refractivity contribution in [2.24, 2.45) is 0 Å². The maximum Gasteiger partial charge on any atom is 0.220 e. The van der Waals surface area contributed by atoms with E-state index in [0.29, 0.717) is 19.4 Å². The Balaban J connectivity index is 1.52. The number of aryl methyl sites for hydroxylation is 1. The molecule has 0 saturated heterocycles. The predicted octanol–water partition coefficient (Wildman–Crippen LogP) is 4.35. The minimum atomic E-state index is 0.00524. The van der Waals surface area contributed by atoms with Gasteiger partial charge < -0.3 is 9.73 Å². The van der Waals surface area contributed by atoms with Crippen LogP contribution in [-0.2, 0) is 17.8 Å². The summed E-state index contributed by atoms with van der Waals surface area (Å²) in [6.45, 7) is 0.516. The van der Waals surface area contributed by atoms with E-state index in [-0.39, 0.29) is 5.91 Å². The van der Waals surface area contributed by atoms with Crippen LogP contribution in [0.4, 0.5) is 0 Å². The van der Waals surface area contributed by atoms with Gasteiger partial charge in [-0.2, -0.15) is 0 Å². The molecule has 0 spiro atoms. The second kappa shape index (κ2) is 7.93. The van der Waals surface area contributed by atoms with E-state index in [1.165, 1.54) is 0 Å². The molecule has 3 aromatic rings. The molecule has 0 fully saturated rings. The zero-order valence-corrected chi connectivity index (χ0v) is 14.6. The standard InChI is InChI=1S/C19H17BrN2O2/c20-17-4-2-1-3-16(17)18-7-5-15(24-18)6-8-19(23)22-13-14-9-11-21-12-10-14/h1-5,7,9-12H,6,8,13H2,(H,22,23). The Morgan fingerprint density at radius 1 is 1.08 bits per heavy atom. The van der Waals surface area contributed by atoms with Gasteiger partial charge in [-0.3, -0.25) is 9.78 Å². The molecule has 1 N–H and O–H groups in total. The monoisotopic (exact) mass is 384 g/mol. The van der Waals surface area contributed by atoms with E-state index in [4.69, 9.17) is 4.42 Å². The number of rotatable bonds is 6. The molecule has 1 amide bonds. The highest BCUT2D eigenvalue weighted by Gasteiger charge is 2.09. The summed E-state index contributed by atoms with van der Waals surface area (Å²) >= 11 is 3.52. The first-order valence-corrected chi connectivity index (χ1v) is 8.51. The maximum atomic E-state index is 11.9. The molecule has 3 rings (SSSR count). The third kappa shape index (κ3) is 4.32. The lowest BCUT2D eigenvalue weighted by Gasteiger charge is -2.04. The Morgan fingerprint density at radius 3 is 2.67 bits per heavy atom. The van der Waals surface area contributed by atoms with Gasteiger partial charge in [-0.05, 0) is 35.9 Å². The smallest absolute Gasteiger partial charge is 0.220 e. The van der Waals surface area contributed by atoms with Gasteiger partial charge in [0.1, 0.15) is 11.5 Å². The number of nitrogens with zero attached hydrogens (tertiary/aromatic N) is 1. The van der Waals surface area contributed by atoms with Crippen molar-refractivity contribution in [3.8, 4) is 11.3 Å². The van der Waals surface area contributed by atoms with Crippen molar-refractivity contribution >= 4 is 21.8 Å². The number of aromatic nitrogens is 1. The quantitative estimate of drug-likeness (QED) is 0.686. The highest BCUT2D eigenvalue weighted by atomic mass is 79.9. The van der Waals surface area contributed by atoms with Crippen molar-refractivity contribution in [3.63, 3.8) is 0 Å². The highest BCUT2D eigenvalue weighted by molar-refractivity contribution is 9.10. The number of nitrogens with one attached hydrogen (secondary N) is 1. The van der Waals surface area contributed by atoms with Gasteiger partial charge in [0.25, 0.3) is 0 Å². The van der Waals surface area contributed by atoms with E-state index in [1.807, 2.05) is 48.5 Å². The molecule has 0 aliphatic rings. The van der Waals surface area contributed by atoms with Crippen LogP contribution in [0.5, 0.6) is 0 Å². The summed E-state index contributed by atoms with van der Waals surface area (Å²) in [5.41, 5.74) is 2.04. The van der Waals surface area contributed by atoms with Crippen molar-refractivity contribution in [1.82, 2.24) is 10.3 Å². The van der Waals surface area contributed by atoms with Crippen LogP contribution in [0.2, 0.25) is 0 Å². The Labute approximate surface area is 149 Å². The number of hydrogen-bond donors (Lipinski definition) is 1. The molecule has 0 aliphatic heterocycles. The van der Waals surface area contributed by atoms with Crippen molar-refractivity contribution in [1.29, 1.82) is 0 Å². The molecule has 0 saturated carbocycles. The largest absolute Gasteiger partial charge is 0.461 e. The Hall–Kier alpha value is -2.40. The van der Waals surface area contributed by atoms with Gasteiger partial charge in [0.15, 0.2) is 0 Å². The van der Waals surface area contributed by atoms with Crippen LogP contribution in [0.25, 0.3) is 11.3 Å². The number of carbonyl (C=O) groups excluding carboxylic acids is 1. The van der Waals surface area contributed by atoms with Gasteiger partial charge in [-0.15, -0.1) is 0 Å². The molecule has 0 atom stereocenters. The van der Waals surface area contributed by atoms with Gasteiger partial charge in [-0.1, -0.05) is 34.1 Å². The summed E-state index contributed by atoms with van der Waals surface area (Å²) in [4.78, 5) is 15.9. The number of pyridine rings is 1. The average molecular weight is 385 g/mol. The van der Waals surface area contributed by atoms with Crippen molar-refractivity contribution < 1.29 is 9.21 Å². The Bertz CT molecular complexity index is 815. The van der Waals surface area contributed by atoms with E-state index in [1.54, 1.807) is 12.4 Å². The number of hydrogen-bond acceptors (Lipinski definition) is 3. The number of halogens is 1. The topological polar surface area (TPSA) is 55.1 Å². The third-order valence-electron chi connectivity index (χ3n) is 3.64. The van der Waals surface area contributed by atoms with Crippen LogP contribution in [0.15, 0.2) is 69.8 Å². The minimum absolute atomic E-state index is 0.00524. The van der Waals surface area contributed by atoms with Gasteiger partial charge in [0, 0.05) is 41.8 Å². The first kappa shape index (κ1) is 16.5. The van der Waals surface area contributed by atoms with E-state index in [0.717, 1.165) is 27.1 Å². The molecule has 0 unspecified atom stereocenters. The fraction of sp³-hybridized carbons (Fsp3) is 0.158. The van der Waals surface area contributed by atoms with E-state index < -0.39 is 0 Å². The lowest BCUT2D eigenvalue weighted by atomic mass is 10.2. The zero-order valence-electron chi connectivity index (χ0n) is 13.0. The first-order chi connectivity index (χ1) is 11.7. The van der Waals surface area contributed by atoms with Crippen molar-refractivity contribution in [3.05, 3.63) is 76.7 Å². The second-order valence-electron chi connectivity index (χ2n) is 5.38. The number of furan rings is 1. The summed E-state index contributed by atoms with van der Waals surface area (Å²) in [6, 6.07) is 15.5. The predicted molar refractivity (Wildman–Crippen MR) is 96.2 cm³/mol. The molecule has 5 heteroatoms. The molecule has 0 aliphatic carbocycles. The number of amides is 1. The molecule has 2 aromatic heterocycles. The molecule has 122 valence electrons. The van der Waals surface area contributed by atoms with Crippen LogP contribution >= 0.6 is 15.9 Å². The molecular weight excluding hydrogens is 368 g/mol. The van der Waals surface area contributed by atoms with Gasteiger partial charge >= 0.3 is 0 Å². The fourth-order valence-electron chi connectivity index (χ4n) is 2.34. The third-order valence-corrected chi connectivity index (χ3v) is 4.33. The maximum absolute atomic E-state index is 11.9. The molecular formula is C19H17BrN2O2. The molecule has 24 heavy (non-hydrogen) atoms. The van der Waals surface area contributed by atoms with Crippen LogP contribution in [-0.4, -0.2) is 10.9 Å². The normalized spacial score (nSPS) is 10.5. The van der Waals surface area contributed by atoms with Gasteiger partial charge in [0.05, 0.1) is 0 Å². The van der Waals surface area contributed by atoms with Crippen LogP contribution in [0.3, 0.4) is 0 Å². The Morgan fingerprint density at radius 2 is 1.88 bits per heavy atom. The lowest BCUT2D eigenvalue weighted by molar-refractivity contribution is -0.121. The number of benzene rings is 1. The van der Waals surface area contributed by atoms with Crippen molar-refractivity contribution in [2.45, 2.75) is 19.4 Å². The summed E-state index contributed by atoms with van der Waals surface area (Å²) in [7, 11) is 0. The van der Waals surface area contributed by atoms with Crippen LogP contribution in [0, 0.1) is 0 Å². The second-order valence-corrected chi connectivity index (χ2v) is 6.23. The fourth-order valence-corrected chi connectivity index (χ4v) is 2.82. The van der Waals surface area contributed by atoms with Crippen LogP contribution < -0.4 is 5.32 Å². The van der Waals surface area contributed by atoms with E-state index in [2.05, 4.69) is 26.2 Å². The Kier molecular flexibility index (Phi) is 5.43. The average Bonchev–Trinajstić information content (AvgIpc) is 3.08. The first-order valence-electron chi connectivity index (χ1n) is 7.71. The zero-order chi connectivity index (χ0) is 16.8. The molecule has 2 heterocycles. The van der Waals surface area contributed by atoms with Gasteiger partial charge in [0.2, 0.25) is 5.91 Å². The summed E-state index contributed by atoms with van der Waals surface area (Å²) in [5, 5.41) is 2.90. The molecule has 0 radical (unpaired) electrons. The van der Waals surface area contributed by atoms with Crippen LogP contribution in [0.1, 0.15) is 17.7 Å². The SMILES string of the molecule is O=C(CCc1ccc(-c2ccccc2Br)o1)NCc1ccncc1. The highest BCUT2D eigenvalue weighted by Crippen LogP contribution is 2.29. The lowest BCUT2D eigenvalue weighted by Crippen LogP contribution is -2.22. The summed E-state index contributed by atoms with van der Waals surface area (Å²) < 4.78 is 6.83. The minimum Gasteiger partial charge on any atom is -0.461 e. The molecule has 1 aromatic carbocycles. The van der Waals surface area contributed by atoms with E-state index >= 15 is 0 Å². The summed E-state index contributed by atoms with van der Waals surface area (Å²) in [5.74, 6) is 1.61. The van der Waals surface area contributed by atoms with E-state index in [9.17, 15) is 4.79 Å². The van der Waals surface area contributed by atoms with Crippen molar-refractivity contribution in [2.75, 3.05) is 0 Å². The summed E-state index contributed by atoms with van der Waals surface area (Å²) in [6.07, 6.45) is 4.40. The van der Waals surface area contributed by atoms with Gasteiger partial charge in [-0.25, -0.2) is 0 Å². The number of carbonyl (C=O) groups is 1. The molecule has 0 bridgehead atoms.